The third-order valence-corrected chi connectivity index (χ3v) is 2.39. The predicted molar refractivity (Wildman–Crippen MR) is 68.3 cm³/mol. The van der Waals surface area contributed by atoms with E-state index in [0.717, 1.165) is 11.1 Å². The van der Waals surface area contributed by atoms with Crippen molar-refractivity contribution in [3.05, 3.63) is 71.8 Å². The standard InChI is InChI=1S/C14H13N3/c15-17-14(13-9-5-2-6-10-13)16-11-12-7-3-1-4-8-12/h1-10,15H,11H2. The highest BCUT2D eigenvalue weighted by Crippen LogP contribution is 2.06. The third kappa shape index (κ3) is 3.08. The summed E-state index contributed by atoms with van der Waals surface area (Å²) in [5.41, 5.74) is 9.15. The van der Waals surface area contributed by atoms with Gasteiger partial charge in [-0.3, -0.25) is 4.99 Å². The molecule has 0 atom stereocenters. The molecule has 0 fully saturated rings. The Morgan fingerprint density at radius 3 is 2.06 bits per heavy atom. The van der Waals surface area contributed by atoms with Gasteiger partial charge in [-0.05, 0) is 5.56 Å². The lowest BCUT2D eigenvalue weighted by atomic mass is 10.2. The van der Waals surface area contributed by atoms with Crippen LogP contribution >= 0.6 is 0 Å². The molecule has 1 N–H and O–H groups in total. The fraction of sp³-hybridized carbons (Fsp3) is 0.0714. The van der Waals surface area contributed by atoms with Crippen LogP contribution in [0.4, 0.5) is 0 Å². The molecule has 3 heteroatoms. The van der Waals surface area contributed by atoms with Gasteiger partial charge >= 0.3 is 0 Å². The average Bonchev–Trinajstić information content (AvgIpc) is 2.42. The minimum absolute atomic E-state index is 0.467. The van der Waals surface area contributed by atoms with Crippen LogP contribution in [-0.4, -0.2) is 5.84 Å². The molecule has 0 saturated heterocycles. The molecule has 0 spiro atoms. The molecule has 84 valence electrons. The minimum Gasteiger partial charge on any atom is -0.260 e. The van der Waals surface area contributed by atoms with Crippen LogP contribution < -0.4 is 0 Å². The van der Waals surface area contributed by atoms with Gasteiger partial charge in [0.2, 0.25) is 0 Å². The van der Waals surface area contributed by atoms with Crippen molar-refractivity contribution in [1.29, 1.82) is 5.53 Å². The lowest BCUT2D eigenvalue weighted by Crippen LogP contribution is -1.96. The summed E-state index contributed by atoms with van der Waals surface area (Å²) in [6.07, 6.45) is 0. The van der Waals surface area contributed by atoms with Gasteiger partial charge in [0.15, 0.2) is 5.84 Å². The minimum atomic E-state index is 0.467. The summed E-state index contributed by atoms with van der Waals surface area (Å²) in [4.78, 5) is 4.35. The van der Waals surface area contributed by atoms with E-state index in [1.54, 1.807) is 0 Å². The van der Waals surface area contributed by atoms with Crippen molar-refractivity contribution >= 4 is 5.84 Å². The summed E-state index contributed by atoms with van der Waals surface area (Å²) in [5, 5.41) is 3.47. The molecule has 17 heavy (non-hydrogen) atoms. The van der Waals surface area contributed by atoms with Gasteiger partial charge in [-0.2, -0.15) is 0 Å². The molecule has 0 bridgehead atoms. The van der Waals surface area contributed by atoms with E-state index < -0.39 is 0 Å². The number of amidine groups is 1. The summed E-state index contributed by atoms with van der Waals surface area (Å²) in [5.74, 6) is 0.467. The Morgan fingerprint density at radius 2 is 1.47 bits per heavy atom. The van der Waals surface area contributed by atoms with Gasteiger partial charge in [-0.15, -0.1) is 5.11 Å². The summed E-state index contributed by atoms with van der Waals surface area (Å²) in [7, 11) is 0. The monoisotopic (exact) mass is 223 g/mol. The normalized spacial score (nSPS) is 11.2. The molecule has 2 rings (SSSR count). The Hall–Kier alpha value is -2.29. The highest BCUT2D eigenvalue weighted by Gasteiger charge is 2.00. The molecule has 2 aromatic rings. The summed E-state index contributed by atoms with van der Waals surface area (Å²) >= 11 is 0. The van der Waals surface area contributed by atoms with E-state index in [1.807, 2.05) is 60.7 Å². The molecular weight excluding hydrogens is 210 g/mol. The number of hydrogen-bond acceptors (Lipinski definition) is 2. The van der Waals surface area contributed by atoms with Crippen molar-refractivity contribution in [2.75, 3.05) is 0 Å². The van der Waals surface area contributed by atoms with Gasteiger partial charge in [0, 0.05) is 5.56 Å². The average molecular weight is 223 g/mol. The topological polar surface area (TPSA) is 48.6 Å². The number of nitrogens with one attached hydrogen (secondary N) is 1. The van der Waals surface area contributed by atoms with Gasteiger partial charge in [0.05, 0.1) is 6.54 Å². The van der Waals surface area contributed by atoms with Crippen molar-refractivity contribution in [2.45, 2.75) is 6.54 Å². The zero-order chi connectivity index (χ0) is 11.9. The Balaban J connectivity index is 2.17. The molecule has 0 amide bonds. The first kappa shape index (κ1) is 11.2. The predicted octanol–water partition coefficient (Wildman–Crippen LogP) is 3.66. The molecule has 0 saturated carbocycles. The second-order valence-electron chi connectivity index (χ2n) is 3.60. The van der Waals surface area contributed by atoms with Gasteiger partial charge in [-0.1, -0.05) is 60.7 Å². The van der Waals surface area contributed by atoms with Crippen LogP contribution in [0, 0.1) is 5.53 Å². The number of nitrogens with zero attached hydrogens (tertiary/aromatic N) is 2. The largest absolute Gasteiger partial charge is 0.260 e. The number of benzene rings is 2. The second-order valence-corrected chi connectivity index (χ2v) is 3.60. The zero-order valence-corrected chi connectivity index (χ0v) is 9.38. The van der Waals surface area contributed by atoms with Gasteiger partial charge < -0.3 is 0 Å². The molecule has 0 aliphatic carbocycles. The van der Waals surface area contributed by atoms with Gasteiger partial charge in [-0.25, -0.2) is 5.53 Å². The summed E-state index contributed by atoms with van der Waals surface area (Å²) < 4.78 is 0. The van der Waals surface area contributed by atoms with E-state index >= 15 is 0 Å². The van der Waals surface area contributed by atoms with Crippen LogP contribution in [0.15, 0.2) is 70.8 Å². The number of rotatable bonds is 3. The van der Waals surface area contributed by atoms with Crippen molar-refractivity contribution < 1.29 is 0 Å². The zero-order valence-electron chi connectivity index (χ0n) is 9.38. The fourth-order valence-corrected chi connectivity index (χ4v) is 1.53. The van der Waals surface area contributed by atoms with Crippen LogP contribution in [0.25, 0.3) is 0 Å². The first-order chi connectivity index (χ1) is 8.40. The number of hydrogen-bond donors (Lipinski definition) is 1. The SMILES string of the molecule is N=NC(=NCc1ccccc1)c1ccccc1. The van der Waals surface area contributed by atoms with E-state index in [2.05, 4.69) is 10.1 Å². The molecule has 0 aliphatic heterocycles. The molecule has 0 aliphatic rings. The van der Waals surface area contributed by atoms with E-state index in [0.29, 0.717) is 12.4 Å². The molecular formula is C14H13N3. The van der Waals surface area contributed by atoms with Gasteiger partial charge in [0.25, 0.3) is 0 Å². The fourth-order valence-electron chi connectivity index (χ4n) is 1.53. The summed E-state index contributed by atoms with van der Waals surface area (Å²) in [6.45, 7) is 0.549. The van der Waals surface area contributed by atoms with Crippen LogP contribution in [0.1, 0.15) is 11.1 Å². The Bertz CT molecular complexity index is 504. The first-order valence-corrected chi connectivity index (χ1v) is 5.41. The van der Waals surface area contributed by atoms with E-state index in [1.165, 1.54) is 0 Å². The third-order valence-electron chi connectivity index (χ3n) is 2.39. The van der Waals surface area contributed by atoms with E-state index in [4.69, 9.17) is 5.53 Å². The highest BCUT2D eigenvalue weighted by molar-refractivity contribution is 5.98. The van der Waals surface area contributed by atoms with Crippen molar-refractivity contribution in [3.63, 3.8) is 0 Å². The smallest absolute Gasteiger partial charge is 0.176 e. The highest BCUT2D eigenvalue weighted by atomic mass is 15.0. The lowest BCUT2D eigenvalue weighted by Gasteiger charge is -2.00. The maximum atomic E-state index is 7.16. The summed E-state index contributed by atoms with van der Waals surface area (Å²) in [6, 6.07) is 19.5. The lowest BCUT2D eigenvalue weighted by molar-refractivity contribution is 1.04. The maximum absolute atomic E-state index is 7.16. The van der Waals surface area contributed by atoms with E-state index in [-0.39, 0.29) is 0 Å². The molecule has 0 radical (unpaired) electrons. The van der Waals surface area contributed by atoms with Crippen LogP contribution in [-0.2, 0) is 6.54 Å². The molecule has 0 unspecified atom stereocenters. The second kappa shape index (κ2) is 5.70. The van der Waals surface area contributed by atoms with Crippen molar-refractivity contribution in [1.82, 2.24) is 0 Å². The Morgan fingerprint density at radius 1 is 0.882 bits per heavy atom. The molecule has 0 heterocycles. The van der Waals surface area contributed by atoms with Gasteiger partial charge in [0.1, 0.15) is 0 Å². The van der Waals surface area contributed by atoms with Crippen LogP contribution in [0.2, 0.25) is 0 Å². The van der Waals surface area contributed by atoms with Crippen LogP contribution in [0.5, 0.6) is 0 Å². The van der Waals surface area contributed by atoms with Crippen molar-refractivity contribution in [3.8, 4) is 0 Å². The van der Waals surface area contributed by atoms with E-state index in [9.17, 15) is 0 Å². The Kier molecular flexibility index (Phi) is 3.76. The quantitative estimate of drug-likeness (QED) is 0.469. The molecule has 0 aromatic heterocycles. The maximum Gasteiger partial charge on any atom is 0.176 e. The van der Waals surface area contributed by atoms with Crippen LogP contribution in [0.3, 0.4) is 0 Å². The molecule has 3 nitrogen and oxygen atoms in total. The van der Waals surface area contributed by atoms with Crippen molar-refractivity contribution in [2.24, 2.45) is 10.1 Å². The number of aliphatic imine (C=N–C) groups is 1. The Labute approximate surface area is 100 Å². The molecule has 2 aromatic carbocycles. The first-order valence-electron chi connectivity index (χ1n) is 5.41.